The van der Waals surface area contributed by atoms with Crippen LogP contribution in [0.4, 0.5) is 10.2 Å². The van der Waals surface area contributed by atoms with Gasteiger partial charge < -0.3 is 40.3 Å². The zero-order valence-electron chi connectivity index (χ0n) is 39.6. The molecule has 0 saturated carbocycles. The van der Waals surface area contributed by atoms with Crippen LogP contribution in [-0.4, -0.2) is 123 Å². The van der Waals surface area contributed by atoms with Crippen LogP contribution >= 0.6 is 22.9 Å². The Balaban J connectivity index is 0.801. The number of aromatic nitrogens is 3. The molecule has 2 aliphatic heterocycles. The summed E-state index contributed by atoms with van der Waals surface area (Å²) in [5.41, 5.74) is 4.59. The standard InChI is InChI=1S/C52H56ClFN8O7S/c1-30(32-13-15-33(16-14-32)47-31(2)57-29-70-47)58-50(67)41-24-36(64)26-62(41)51(68)48(52(3,4)5)59-42(65)27-69-21-9-8-12-43(66)60-17-19-61(20-18-60)49-39-25-40(53)44(45(54)46(39)55-28-56-49)38-23-35(63)22-34-10-6-7-11-37(34)38/h6-8,10-16,22-23,25,28-30,36,41,48,63-64H,9,17-21,24,26-27H2,1-5H3,(H,58,67)(H,59,65)/b12-8+/t30-,36+,41-,48+/m0/s1. The first-order chi connectivity index (χ1) is 33.5. The molecule has 2 aliphatic rings. The number of nitrogens with zero attached hydrogens (tertiary/aromatic N) is 6. The van der Waals surface area contributed by atoms with Gasteiger partial charge in [0.15, 0.2) is 5.82 Å². The lowest BCUT2D eigenvalue weighted by atomic mass is 9.85. The Labute approximate surface area is 414 Å². The van der Waals surface area contributed by atoms with Crippen molar-refractivity contribution in [1.82, 2.24) is 35.4 Å². The quantitative estimate of drug-likeness (QED) is 0.0630. The summed E-state index contributed by atoms with van der Waals surface area (Å²) in [5.74, 6) is -1.74. The van der Waals surface area contributed by atoms with Gasteiger partial charge in [0.05, 0.1) is 39.9 Å². The Morgan fingerprint density at radius 2 is 1.73 bits per heavy atom. The number of halogens is 2. The number of hydrogen-bond acceptors (Lipinski definition) is 12. The van der Waals surface area contributed by atoms with Crippen molar-refractivity contribution in [2.45, 2.75) is 71.7 Å². The van der Waals surface area contributed by atoms with Gasteiger partial charge in [0.1, 0.15) is 42.1 Å². The molecule has 0 bridgehead atoms. The average molecular weight is 992 g/mol. The van der Waals surface area contributed by atoms with Crippen molar-refractivity contribution >= 4 is 74.1 Å². The fraction of sp³-hybridized carbons (Fsp3) is 0.365. The lowest BCUT2D eigenvalue weighted by molar-refractivity contribution is -0.144. The SMILES string of the molecule is Cc1ncsc1-c1ccc([C@H](C)NC(=O)[C@@H]2C[C@@H](O)CN2C(=O)[C@@H](NC(=O)COCC/C=C/C(=O)N2CCN(c3ncnc4c(F)c(-c5cc(O)cc6ccccc56)c(Cl)cc34)CC2)C(C)(C)C)cc1. The second kappa shape index (κ2) is 21.2. The number of aromatic hydroxyl groups is 1. The van der Waals surface area contributed by atoms with Crippen LogP contribution in [0.3, 0.4) is 0 Å². The van der Waals surface area contributed by atoms with E-state index in [1.807, 2.05) is 88.0 Å². The van der Waals surface area contributed by atoms with Gasteiger partial charge in [0.25, 0.3) is 0 Å². The molecule has 6 aromatic rings. The molecule has 4 aromatic carbocycles. The zero-order valence-corrected chi connectivity index (χ0v) is 41.2. The number of thiazole rings is 1. The van der Waals surface area contributed by atoms with Crippen molar-refractivity contribution < 1.29 is 38.5 Å². The molecule has 2 fully saturated rings. The second-order valence-corrected chi connectivity index (χ2v) is 20.1. The highest BCUT2D eigenvalue weighted by Gasteiger charge is 2.45. The highest BCUT2D eigenvalue weighted by molar-refractivity contribution is 7.13. The van der Waals surface area contributed by atoms with Crippen LogP contribution in [-0.2, 0) is 23.9 Å². The summed E-state index contributed by atoms with van der Waals surface area (Å²) in [5, 5.41) is 28.9. The van der Waals surface area contributed by atoms with Gasteiger partial charge in [-0.2, -0.15) is 0 Å². The number of aliphatic hydroxyl groups excluding tert-OH is 1. The lowest BCUT2D eigenvalue weighted by Gasteiger charge is -2.35. The summed E-state index contributed by atoms with van der Waals surface area (Å²) in [6.07, 6.45) is 3.95. The molecule has 8 rings (SSSR count). The van der Waals surface area contributed by atoms with E-state index in [0.29, 0.717) is 49.4 Å². The molecule has 0 aliphatic carbocycles. The molecule has 15 nitrogen and oxygen atoms in total. The Morgan fingerprint density at radius 1 is 0.986 bits per heavy atom. The number of piperazine rings is 1. The molecule has 4 amide bonds. The van der Waals surface area contributed by atoms with Gasteiger partial charge in [-0.25, -0.2) is 19.3 Å². The highest BCUT2D eigenvalue weighted by atomic mass is 35.5. The van der Waals surface area contributed by atoms with E-state index in [4.69, 9.17) is 16.3 Å². The minimum Gasteiger partial charge on any atom is -0.508 e. The molecule has 366 valence electrons. The number of rotatable bonds is 14. The van der Waals surface area contributed by atoms with E-state index in [9.17, 15) is 29.4 Å². The largest absolute Gasteiger partial charge is 0.508 e. The summed E-state index contributed by atoms with van der Waals surface area (Å²) < 4.78 is 22.0. The lowest BCUT2D eigenvalue weighted by Crippen LogP contribution is -2.58. The topological polar surface area (TPSA) is 190 Å². The number of phenolic OH excluding ortho intramolecular Hbond substituents is 1. The molecule has 0 radical (unpaired) electrons. The molecule has 18 heteroatoms. The number of phenols is 1. The number of anilines is 1. The molecule has 4 atom stereocenters. The Morgan fingerprint density at radius 3 is 2.44 bits per heavy atom. The molecule has 4 heterocycles. The molecule has 70 heavy (non-hydrogen) atoms. The summed E-state index contributed by atoms with van der Waals surface area (Å²) in [7, 11) is 0. The van der Waals surface area contributed by atoms with Crippen LogP contribution in [0, 0.1) is 18.2 Å². The highest BCUT2D eigenvalue weighted by Crippen LogP contribution is 2.42. The van der Waals surface area contributed by atoms with Gasteiger partial charge in [-0.1, -0.05) is 87.0 Å². The maximum Gasteiger partial charge on any atom is 0.246 e. The molecule has 2 saturated heterocycles. The van der Waals surface area contributed by atoms with Crippen LogP contribution in [0.25, 0.3) is 43.2 Å². The van der Waals surface area contributed by atoms with Crippen LogP contribution in [0.5, 0.6) is 5.75 Å². The van der Waals surface area contributed by atoms with E-state index in [1.165, 1.54) is 23.4 Å². The number of carbonyl (C=O) groups excluding carboxylic acids is 4. The second-order valence-electron chi connectivity index (χ2n) is 18.8. The minimum absolute atomic E-state index is 0.0169. The number of benzene rings is 4. The van der Waals surface area contributed by atoms with Gasteiger partial charge in [0.2, 0.25) is 23.6 Å². The van der Waals surface area contributed by atoms with Crippen molar-refractivity contribution in [3.05, 3.63) is 113 Å². The summed E-state index contributed by atoms with van der Waals surface area (Å²) >= 11 is 8.34. The maximum absolute atomic E-state index is 16.4. The third-order valence-corrected chi connectivity index (χ3v) is 14.1. The molecule has 0 unspecified atom stereocenters. The zero-order chi connectivity index (χ0) is 49.9. The van der Waals surface area contributed by atoms with Crippen molar-refractivity contribution in [3.8, 4) is 27.3 Å². The summed E-state index contributed by atoms with van der Waals surface area (Å²) in [6.45, 7) is 10.6. The van der Waals surface area contributed by atoms with Gasteiger partial charge in [0, 0.05) is 50.1 Å². The number of aryl methyl sites for hydroxylation is 1. The van der Waals surface area contributed by atoms with E-state index < -0.39 is 47.1 Å². The van der Waals surface area contributed by atoms with Crippen LogP contribution in [0.15, 0.2) is 90.7 Å². The molecule has 4 N–H and O–H groups in total. The van der Waals surface area contributed by atoms with Crippen LogP contribution in [0.2, 0.25) is 5.02 Å². The smallest absolute Gasteiger partial charge is 0.246 e. The normalized spacial score (nSPS) is 17.3. The predicted octanol–water partition coefficient (Wildman–Crippen LogP) is 7.36. The number of amides is 4. The van der Waals surface area contributed by atoms with E-state index >= 15 is 4.39 Å². The fourth-order valence-corrected chi connectivity index (χ4v) is 10.2. The number of β-amino-alcohol motifs (C(OH)–C–C–N with tert-alkyl or cyclic N) is 1. The van der Waals surface area contributed by atoms with Crippen LogP contribution < -0.4 is 15.5 Å². The van der Waals surface area contributed by atoms with Gasteiger partial charge >= 0.3 is 0 Å². The number of carbonyl (C=O) groups is 4. The monoisotopic (exact) mass is 990 g/mol. The first-order valence-electron chi connectivity index (χ1n) is 23.2. The number of nitrogens with one attached hydrogen (secondary N) is 2. The number of aliphatic hydroxyl groups is 1. The average Bonchev–Trinajstić information content (AvgIpc) is 3.96. The van der Waals surface area contributed by atoms with Crippen molar-refractivity contribution in [1.29, 1.82) is 0 Å². The number of hydrogen-bond donors (Lipinski definition) is 4. The predicted molar refractivity (Wildman–Crippen MR) is 269 cm³/mol. The minimum atomic E-state index is -1.01. The van der Waals surface area contributed by atoms with Crippen molar-refractivity contribution in [3.63, 3.8) is 0 Å². The first kappa shape index (κ1) is 49.9. The van der Waals surface area contributed by atoms with E-state index in [-0.39, 0.29) is 60.0 Å². The van der Waals surface area contributed by atoms with E-state index in [2.05, 4.69) is 25.6 Å². The fourth-order valence-electron chi connectivity index (χ4n) is 9.08. The number of ether oxygens (including phenoxy) is 1. The first-order valence-corrected chi connectivity index (χ1v) is 24.5. The Bertz CT molecular complexity index is 2960. The Hall–Kier alpha value is -6.53. The molecular formula is C52H56ClFN8O7S. The van der Waals surface area contributed by atoms with E-state index in [0.717, 1.165) is 32.5 Å². The maximum atomic E-state index is 16.4. The van der Waals surface area contributed by atoms with Crippen molar-refractivity contribution in [2.75, 3.05) is 50.8 Å². The number of likely N-dealkylation sites (tertiary alicyclic amines) is 1. The van der Waals surface area contributed by atoms with Gasteiger partial charge in [-0.15, -0.1) is 11.3 Å². The summed E-state index contributed by atoms with van der Waals surface area (Å²) in [6, 6.07) is 17.6. The van der Waals surface area contributed by atoms with E-state index in [1.54, 1.807) is 40.0 Å². The Kier molecular flexibility index (Phi) is 15.1. The van der Waals surface area contributed by atoms with Gasteiger partial charge in [-0.05, 0) is 77.4 Å². The number of fused-ring (bicyclic) bond motifs is 2. The molecule has 0 spiro atoms. The van der Waals surface area contributed by atoms with Crippen molar-refractivity contribution in [2.24, 2.45) is 5.41 Å². The summed E-state index contributed by atoms with van der Waals surface area (Å²) in [4.78, 5) is 73.2. The van der Waals surface area contributed by atoms with Crippen LogP contribution in [0.1, 0.15) is 57.8 Å². The third kappa shape index (κ3) is 10.9. The molecular weight excluding hydrogens is 935 g/mol. The third-order valence-electron chi connectivity index (χ3n) is 12.8. The van der Waals surface area contributed by atoms with Gasteiger partial charge in [-0.3, -0.25) is 19.2 Å². The molecule has 2 aromatic heterocycles.